The fourth-order valence-corrected chi connectivity index (χ4v) is 6.85. The summed E-state index contributed by atoms with van der Waals surface area (Å²) >= 11 is 12.2. The van der Waals surface area contributed by atoms with E-state index in [-0.39, 0.29) is 46.5 Å². The van der Waals surface area contributed by atoms with Crippen LogP contribution in [0.4, 0.5) is 0 Å². The van der Waals surface area contributed by atoms with E-state index in [1.165, 1.54) is 27.6 Å². The predicted molar refractivity (Wildman–Crippen MR) is 122 cm³/mol. The van der Waals surface area contributed by atoms with Crippen molar-refractivity contribution in [1.29, 1.82) is 0 Å². The normalized spacial score (nSPS) is 20.3. The molecule has 0 aromatic heterocycles. The number of nitrogens with one attached hydrogen (secondary N) is 1. The van der Waals surface area contributed by atoms with Gasteiger partial charge in [-0.15, -0.1) is 0 Å². The van der Waals surface area contributed by atoms with Crippen LogP contribution in [0.3, 0.4) is 0 Å². The Labute approximate surface area is 193 Å². The van der Waals surface area contributed by atoms with Crippen molar-refractivity contribution in [2.24, 2.45) is 0 Å². The molecule has 0 radical (unpaired) electrons. The highest BCUT2D eigenvalue weighted by Crippen LogP contribution is 2.32. The number of aryl methyl sites for hydroxylation is 1. The summed E-state index contributed by atoms with van der Waals surface area (Å²) in [6.45, 7) is 1.75. The Kier molecular flexibility index (Phi) is 6.89. The molecule has 0 spiro atoms. The maximum absolute atomic E-state index is 13.0. The number of fused-ring (bicyclic) bond motifs is 1. The van der Waals surface area contributed by atoms with E-state index < -0.39 is 10.0 Å². The third-order valence-corrected chi connectivity index (χ3v) is 8.77. The van der Waals surface area contributed by atoms with Crippen molar-refractivity contribution in [3.63, 3.8) is 0 Å². The molecule has 1 heterocycles. The molecule has 1 aliphatic carbocycles. The van der Waals surface area contributed by atoms with E-state index in [9.17, 15) is 13.2 Å². The Bertz CT molecular complexity index is 1050. The van der Waals surface area contributed by atoms with E-state index in [0.29, 0.717) is 13.1 Å². The highest BCUT2D eigenvalue weighted by atomic mass is 35.5. The lowest BCUT2D eigenvalue weighted by molar-refractivity contribution is -0.123. The van der Waals surface area contributed by atoms with Crippen molar-refractivity contribution in [1.82, 2.24) is 14.5 Å². The standard InChI is InChI=1S/C22H25Cl2N3O3S/c23-18-8-4-9-19(24)22(18)31(29,30)27-13-11-26(12-14-27)15-21(28)25-20-10-3-6-16-5-1-2-7-17(16)20/h1-2,4-5,7-9,20H,3,6,10-15H2,(H,25,28). The molecule has 31 heavy (non-hydrogen) atoms. The van der Waals surface area contributed by atoms with Gasteiger partial charge < -0.3 is 5.32 Å². The topological polar surface area (TPSA) is 69.7 Å². The molecule has 166 valence electrons. The van der Waals surface area contributed by atoms with Crippen LogP contribution >= 0.6 is 23.2 Å². The molecule has 1 saturated heterocycles. The number of nitrogens with zero attached hydrogens (tertiary/aromatic N) is 2. The molecule has 1 atom stereocenters. The van der Waals surface area contributed by atoms with Gasteiger partial charge in [0.15, 0.2) is 0 Å². The average molecular weight is 482 g/mol. The zero-order chi connectivity index (χ0) is 22.0. The van der Waals surface area contributed by atoms with Crippen molar-refractivity contribution in [2.75, 3.05) is 32.7 Å². The summed E-state index contributed by atoms with van der Waals surface area (Å²) in [6.07, 6.45) is 3.05. The summed E-state index contributed by atoms with van der Waals surface area (Å²) in [4.78, 5) is 14.6. The molecule has 9 heteroatoms. The van der Waals surface area contributed by atoms with Crippen molar-refractivity contribution >= 4 is 39.1 Å². The quantitative estimate of drug-likeness (QED) is 0.709. The van der Waals surface area contributed by atoms with Crippen molar-refractivity contribution in [3.05, 3.63) is 63.6 Å². The molecule has 4 rings (SSSR count). The molecule has 2 aromatic rings. The van der Waals surface area contributed by atoms with Crippen molar-refractivity contribution < 1.29 is 13.2 Å². The monoisotopic (exact) mass is 481 g/mol. The number of hydrogen-bond acceptors (Lipinski definition) is 4. The van der Waals surface area contributed by atoms with Crippen LogP contribution in [0.15, 0.2) is 47.4 Å². The molecule has 1 aliphatic heterocycles. The largest absolute Gasteiger partial charge is 0.348 e. The van der Waals surface area contributed by atoms with E-state index in [4.69, 9.17) is 23.2 Å². The smallest absolute Gasteiger partial charge is 0.246 e. The Hall–Kier alpha value is -1.64. The van der Waals surface area contributed by atoms with E-state index in [0.717, 1.165) is 19.3 Å². The van der Waals surface area contributed by atoms with Gasteiger partial charge in [0.1, 0.15) is 4.90 Å². The number of carbonyl (C=O) groups is 1. The first-order valence-electron chi connectivity index (χ1n) is 10.4. The molecule has 1 unspecified atom stereocenters. The van der Waals surface area contributed by atoms with Gasteiger partial charge in [0, 0.05) is 26.2 Å². The summed E-state index contributed by atoms with van der Waals surface area (Å²) in [5.74, 6) is -0.0350. The minimum absolute atomic E-state index is 0.0350. The van der Waals surface area contributed by atoms with Gasteiger partial charge in [-0.3, -0.25) is 9.69 Å². The van der Waals surface area contributed by atoms with E-state index in [2.05, 4.69) is 17.4 Å². The van der Waals surface area contributed by atoms with Crippen LogP contribution in [0.1, 0.15) is 30.0 Å². The SMILES string of the molecule is O=C(CN1CCN(S(=O)(=O)c2c(Cl)cccc2Cl)CC1)NC1CCCc2ccccc21. The first-order chi connectivity index (χ1) is 14.9. The zero-order valence-corrected chi connectivity index (χ0v) is 19.4. The second-order valence-corrected chi connectivity index (χ2v) is 10.6. The fraction of sp³-hybridized carbons (Fsp3) is 0.409. The summed E-state index contributed by atoms with van der Waals surface area (Å²) in [5, 5.41) is 3.38. The van der Waals surface area contributed by atoms with Gasteiger partial charge in [0.05, 0.1) is 22.6 Å². The summed E-state index contributed by atoms with van der Waals surface area (Å²) < 4.78 is 27.4. The van der Waals surface area contributed by atoms with Crippen molar-refractivity contribution in [2.45, 2.75) is 30.2 Å². The number of rotatable bonds is 5. The maximum atomic E-state index is 13.0. The molecule has 2 aromatic carbocycles. The molecule has 0 saturated carbocycles. The number of piperazine rings is 1. The minimum atomic E-state index is -3.79. The maximum Gasteiger partial charge on any atom is 0.246 e. The Morgan fingerprint density at radius 1 is 1.00 bits per heavy atom. The van der Waals surface area contributed by atoms with E-state index in [1.807, 2.05) is 17.0 Å². The van der Waals surface area contributed by atoms with Gasteiger partial charge >= 0.3 is 0 Å². The van der Waals surface area contributed by atoms with Crippen LogP contribution in [0, 0.1) is 0 Å². The van der Waals surface area contributed by atoms with Gasteiger partial charge in [0.25, 0.3) is 0 Å². The lowest BCUT2D eigenvalue weighted by Crippen LogP contribution is -2.51. The Morgan fingerprint density at radius 2 is 1.68 bits per heavy atom. The van der Waals surface area contributed by atoms with Gasteiger partial charge in [-0.1, -0.05) is 53.5 Å². The average Bonchev–Trinajstić information content (AvgIpc) is 2.74. The zero-order valence-electron chi connectivity index (χ0n) is 17.1. The summed E-state index contributed by atoms with van der Waals surface area (Å²) in [5.41, 5.74) is 2.51. The van der Waals surface area contributed by atoms with Crippen LogP contribution in [0.5, 0.6) is 0 Å². The number of amides is 1. The molecule has 0 bridgehead atoms. The van der Waals surface area contributed by atoms with E-state index in [1.54, 1.807) is 6.07 Å². The van der Waals surface area contributed by atoms with Gasteiger partial charge in [-0.05, 0) is 42.5 Å². The summed E-state index contributed by atoms with van der Waals surface area (Å²) in [6, 6.07) is 12.9. The molecule has 6 nitrogen and oxygen atoms in total. The van der Waals surface area contributed by atoms with E-state index >= 15 is 0 Å². The van der Waals surface area contributed by atoms with Crippen LogP contribution in [-0.4, -0.2) is 56.3 Å². The second-order valence-electron chi connectivity index (χ2n) is 7.94. The Balaban J connectivity index is 1.34. The van der Waals surface area contributed by atoms with Gasteiger partial charge in [0.2, 0.25) is 15.9 Å². The highest BCUT2D eigenvalue weighted by Gasteiger charge is 2.32. The Morgan fingerprint density at radius 3 is 2.39 bits per heavy atom. The molecule has 2 aliphatic rings. The number of carbonyl (C=O) groups excluding carboxylic acids is 1. The number of benzene rings is 2. The molecule has 1 N–H and O–H groups in total. The fourth-order valence-electron chi connectivity index (χ4n) is 4.33. The highest BCUT2D eigenvalue weighted by molar-refractivity contribution is 7.89. The predicted octanol–water partition coefficient (Wildman–Crippen LogP) is 3.49. The molecular formula is C22H25Cl2N3O3S. The first-order valence-corrected chi connectivity index (χ1v) is 12.6. The van der Waals surface area contributed by atoms with Crippen molar-refractivity contribution in [3.8, 4) is 0 Å². The minimum Gasteiger partial charge on any atom is -0.348 e. The molecule has 1 amide bonds. The van der Waals surface area contributed by atoms with Crippen LogP contribution in [0.2, 0.25) is 10.0 Å². The molecule has 1 fully saturated rings. The number of hydrogen-bond donors (Lipinski definition) is 1. The third kappa shape index (κ3) is 4.91. The lowest BCUT2D eigenvalue weighted by atomic mass is 9.88. The number of sulfonamides is 1. The van der Waals surface area contributed by atoms with Crippen LogP contribution in [0.25, 0.3) is 0 Å². The van der Waals surface area contributed by atoms with Crippen LogP contribution in [-0.2, 0) is 21.2 Å². The van der Waals surface area contributed by atoms with Crippen LogP contribution < -0.4 is 5.32 Å². The first kappa shape index (κ1) is 22.6. The summed E-state index contributed by atoms with van der Waals surface area (Å²) in [7, 11) is -3.79. The van der Waals surface area contributed by atoms with Gasteiger partial charge in [-0.25, -0.2) is 8.42 Å². The van der Waals surface area contributed by atoms with Gasteiger partial charge in [-0.2, -0.15) is 4.31 Å². The third-order valence-electron chi connectivity index (χ3n) is 5.92. The number of halogens is 2. The second kappa shape index (κ2) is 9.46. The lowest BCUT2D eigenvalue weighted by Gasteiger charge is -2.34. The molecular weight excluding hydrogens is 457 g/mol.